The molecule has 0 aliphatic carbocycles. The van der Waals surface area contributed by atoms with Crippen LogP contribution in [0, 0.1) is 13.8 Å². The van der Waals surface area contributed by atoms with E-state index in [-0.39, 0.29) is 20.9 Å². The van der Waals surface area contributed by atoms with Gasteiger partial charge in [0.05, 0.1) is 9.79 Å². The Labute approximate surface area is 155 Å². The highest BCUT2D eigenvalue weighted by Crippen LogP contribution is 2.30. The summed E-state index contributed by atoms with van der Waals surface area (Å²) < 4.78 is 50.7. The standard InChI is InChI=1S/C18H24N2O4S2/c1-12-10-14(18(3,4)5)11-13(2)17(12)26(23,24)20-15-6-8-16(9-7-15)25(19,21)22/h6-11,20H,1-5H3,(H2,19,21,22). The molecule has 0 heterocycles. The summed E-state index contributed by atoms with van der Waals surface area (Å²) in [7, 11) is -7.64. The van der Waals surface area contributed by atoms with E-state index in [4.69, 9.17) is 5.14 Å². The summed E-state index contributed by atoms with van der Waals surface area (Å²) in [4.78, 5) is 0.142. The molecule has 0 bridgehead atoms. The van der Waals surface area contributed by atoms with Crippen LogP contribution in [0.5, 0.6) is 0 Å². The fourth-order valence-electron chi connectivity index (χ4n) is 2.73. The zero-order valence-electron chi connectivity index (χ0n) is 15.5. The summed E-state index contributed by atoms with van der Waals surface area (Å²) in [6.07, 6.45) is 0. The quantitative estimate of drug-likeness (QED) is 0.828. The van der Waals surface area contributed by atoms with Crippen LogP contribution in [0.25, 0.3) is 0 Å². The third kappa shape index (κ3) is 4.44. The molecule has 142 valence electrons. The van der Waals surface area contributed by atoms with Gasteiger partial charge in [-0.05, 0) is 60.2 Å². The molecular weight excluding hydrogens is 372 g/mol. The number of rotatable bonds is 4. The molecule has 0 saturated heterocycles. The van der Waals surface area contributed by atoms with E-state index in [1.54, 1.807) is 13.8 Å². The number of nitrogens with two attached hydrogens (primary N) is 1. The predicted octanol–water partition coefficient (Wildman–Crippen LogP) is 3.05. The SMILES string of the molecule is Cc1cc(C(C)(C)C)cc(C)c1S(=O)(=O)Nc1ccc(S(N)(=O)=O)cc1. The summed E-state index contributed by atoms with van der Waals surface area (Å²) in [6, 6.07) is 9.01. The van der Waals surface area contributed by atoms with Crippen LogP contribution in [-0.2, 0) is 25.5 Å². The first-order valence-corrected chi connectivity index (χ1v) is 11.0. The number of anilines is 1. The van der Waals surface area contributed by atoms with E-state index in [1.165, 1.54) is 24.3 Å². The number of nitrogens with one attached hydrogen (secondary N) is 1. The van der Waals surface area contributed by atoms with Crippen LogP contribution in [-0.4, -0.2) is 16.8 Å². The molecule has 0 atom stereocenters. The van der Waals surface area contributed by atoms with Crippen molar-refractivity contribution < 1.29 is 16.8 Å². The van der Waals surface area contributed by atoms with Crippen molar-refractivity contribution in [3.8, 4) is 0 Å². The molecular formula is C18H24N2O4S2. The average Bonchev–Trinajstić information content (AvgIpc) is 2.44. The summed E-state index contributed by atoms with van der Waals surface area (Å²) in [6.45, 7) is 9.74. The first kappa shape index (κ1) is 20.4. The summed E-state index contributed by atoms with van der Waals surface area (Å²) >= 11 is 0. The third-order valence-electron chi connectivity index (χ3n) is 4.03. The zero-order valence-corrected chi connectivity index (χ0v) is 17.1. The molecule has 0 radical (unpaired) electrons. The molecule has 3 N–H and O–H groups in total. The van der Waals surface area contributed by atoms with Gasteiger partial charge < -0.3 is 0 Å². The van der Waals surface area contributed by atoms with Crippen LogP contribution >= 0.6 is 0 Å². The Bertz CT molecular complexity index is 1010. The Morgan fingerprint density at radius 2 is 1.35 bits per heavy atom. The van der Waals surface area contributed by atoms with E-state index in [2.05, 4.69) is 25.5 Å². The monoisotopic (exact) mass is 396 g/mol. The number of benzene rings is 2. The van der Waals surface area contributed by atoms with Gasteiger partial charge in [-0.25, -0.2) is 22.0 Å². The lowest BCUT2D eigenvalue weighted by atomic mass is 9.85. The van der Waals surface area contributed by atoms with Crippen molar-refractivity contribution in [2.24, 2.45) is 5.14 Å². The molecule has 2 aromatic carbocycles. The third-order valence-corrected chi connectivity index (χ3v) is 6.65. The van der Waals surface area contributed by atoms with Gasteiger partial charge in [0.1, 0.15) is 0 Å². The summed E-state index contributed by atoms with van der Waals surface area (Å²) in [5.41, 5.74) is 2.54. The molecule has 0 aliphatic rings. The highest BCUT2D eigenvalue weighted by atomic mass is 32.2. The van der Waals surface area contributed by atoms with Gasteiger partial charge in [-0.1, -0.05) is 32.9 Å². The number of hydrogen-bond acceptors (Lipinski definition) is 4. The maximum atomic E-state index is 12.8. The summed E-state index contributed by atoms with van der Waals surface area (Å²) in [5.74, 6) is 0. The second kappa shape index (κ2) is 6.68. The largest absolute Gasteiger partial charge is 0.280 e. The molecule has 0 unspecified atom stereocenters. The van der Waals surface area contributed by atoms with Crippen LogP contribution < -0.4 is 9.86 Å². The average molecular weight is 397 g/mol. The van der Waals surface area contributed by atoms with E-state index >= 15 is 0 Å². The van der Waals surface area contributed by atoms with E-state index in [1.807, 2.05) is 12.1 Å². The van der Waals surface area contributed by atoms with Crippen molar-refractivity contribution >= 4 is 25.7 Å². The fraction of sp³-hybridized carbons (Fsp3) is 0.333. The molecule has 2 rings (SSSR count). The van der Waals surface area contributed by atoms with E-state index in [9.17, 15) is 16.8 Å². The van der Waals surface area contributed by atoms with Crippen molar-refractivity contribution in [2.45, 2.75) is 49.8 Å². The fourth-order valence-corrected chi connectivity index (χ4v) is 4.76. The van der Waals surface area contributed by atoms with Crippen LogP contribution in [0.3, 0.4) is 0 Å². The number of hydrogen-bond donors (Lipinski definition) is 2. The molecule has 0 aromatic heterocycles. The normalized spacial score (nSPS) is 12.8. The zero-order chi connectivity index (χ0) is 19.9. The number of aryl methyl sites for hydroxylation is 2. The minimum atomic E-state index is -3.82. The Balaban J connectivity index is 2.42. The first-order valence-electron chi connectivity index (χ1n) is 7.99. The highest BCUT2D eigenvalue weighted by Gasteiger charge is 2.23. The lowest BCUT2D eigenvalue weighted by Crippen LogP contribution is -2.18. The lowest BCUT2D eigenvalue weighted by Gasteiger charge is -2.22. The summed E-state index contributed by atoms with van der Waals surface area (Å²) in [5, 5.41) is 5.05. The second-order valence-electron chi connectivity index (χ2n) is 7.36. The molecule has 0 aliphatic heterocycles. The van der Waals surface area contributed by atoms with E-state index < -0.39 is 20.0 Å². The van der Waals surface area contributed by atoms with Gasteiger partial charge in [-0.3, -0.25) is 4.72 Å². The minimum Gasteiger partial charge on any atom is -0.280 e. The Kier molecular flexibility index (Phi) is 5.24. The van der Waals surface area contributed by atoms with Gasteiger partial charge in [-0.2, -0.15) is 0 Å². The molecule has 0 saturated carbocycles. The van der Waals surface area contributed by atoms with Crippen molar-refractivity contribution in [3.05, 3.63) is 53.1 Å². The van der Waals surface area contributed by atoms with Crippen LogP contribution in [0.2, 0.25) is 0 Å². The number of primary sulfonamides is 1. The minimum absolute atomic E-state index is 0.0812. The number of sulfonamides is 2. The predicted molar refractivity (Wildman–Crippen MR) is 103 cm³/mol. The van der Waals surface area contributed by atoms with Crippen molar-refractivity contribution in [1.82, 2.24) is 0 Å². The van der Waals surface area contributed by atoms with Gasteiger partial charge >= 0.3 is 0 Å². The Hall–Kier alpha value is -1.90. The smallest absolute Gasteiger partial charge is 0.262 e. The first-order chi connectivity index (χ1) is 11.7. The Morgan fingerprint density at radius 1 is 0.885 bits per heavy atom. The van der Waals surface area contributed by atoms with Crippen molar-refractivity contribution in [3.63, 3.8) is 0 Å². The topological polar surface area (TPSA) is 106 Å². The maximum absolute atomic E-state index is 12.8. The second-order valence-corrected chi connectivity index (χ2v) is 10.5. The van der Waals surface area contributed by atoms with Crippen molar-refractivity contribution in [1.29, 1.82) is 0 Å². The molecule has 26 heavy (non-hydrogen) atoms. The lowest BCUT2D eigenvalue weighted by molar-refractivity contribution is 0.585. The van der Waals surface area contributed by atoms with Crippen LogP contribution in [0.15, 0.2) is 46.2 Å². The van der Waals surface area contributed by atoms with Crippen molar-refractivity contribution in [2.75, 3.05) is 4.72 Å². The van der Waals surface area contributed by atoms with Gasteiger partial charge in [0, 0.05) is 5.69 Å². The highest BCUT2D eigenvalue weighted by molar-refractivity contribution is 7.92. The van der Waals surface area contributed by atoms with Gasteiger partial charge in [0.2, 0.25) is 10.0 Å². The molecule has 0 spiro atoms. The molecule has 0 fully saturated rings. The van der Waals surface area contributed by atoms with Crippen LogP contribution in [0.1, 0.15) is 37.5 Å². The molecule has 6 nitrogen and oxygen atoms in total. The van der Waals surface area contributed by atoms with Crippen LogP contribution in [0.4, 0.5) is 5.69 Å². The van der Waals surface area contributed by atoms with Gasteiger partial charge in [0.25, 0.3) is 10.0 Å². The molecule has 8 heteroatoms. The molecule has 0 amide bonds. The Morgan fingerprint density at radius 3 is 1.73 bits per heavy atom. The molecule has 2 aromatic rings. The van der Waals surface area contributed by atoms with Gasteiger partial charge in [0.15, 0.2) is 0 Å². The van der Waals surface area contributed by atoms with Gasteiger partial charge in [-0.15, -0.1) is 0 Å². The van der Waals surface area contributed by atoms with E-state index in [0.717, 1.165) is 5.56 Å². The van der Waals surface area contributed by atoms with E-state index in [0.29, 0.717) is 11.1 Å². The maximum Gasteiger partial charge on any atom is 0.262 e.